The molecule has 2 aromatic heterocycles. The van der Waals surface area contributed by atoms with E-state index in [-0.39, 0.29) is 0 Å². The molecule has 11 aromatic rings. The topological polar surface area (TPSA) is 51.8 Å². The van der Waals surface area contributed by atoms with Crippen LogP contribution in [-0.2, 0) is 5.41 Å². The molecule has 0 saturated carbocycles. The number of benzene rings is 9. The summed E-state index contributed by atoms with van der Waals surface area (Å²) in [5.74, 6) is 1.87. The summed E-state index contributed by atoms with van der Waals surface area (Å²) >= 11 is 0. The van der Waals surface area contributed by atoms with Gasteiger partial charge in [-0.3, -0.25) is 0 Å². The van der Waals surface area contributed by atoms with Crippen LogP contribution in [0.2, 0.25) is 0 Å². The van der Waals surface area contributed by atoms with E-state index in [1.54, 1.807) is 0 Å². The van der Waals surface area contributed by atoms with Crippen LogP contribution in [0.4, 0.5) is 0 Å². The van der Waals surface area contributed by atoms with E-state index in [1.165, 1.54) is 50.1 Å². The molecule has 2 heterocycles. The van der Waals surface area contributed by atoms with Gasteiger partial charge < -0.3 is 4.42 Å². The molecule has 4 nitrogen and oxygen atoms in total. The summed E-state index contributed by atoms with van der Waals surface area (Å²) < 4.78 is 6.21. The summed E-state index contributed by atoms with van der Waals surface area (Å²) in [5, 5.41) is 2.22. The molecule has 9 aromatic carbocycles. The SMILES string of the molecule is c1ccc(-c2nc(-c3ccc(-c4cccc5oc6ccccc6c45)cc3)nc(-c3cccc(-c4cccc5c4-c4ccccc4C54c5ccccc5-c5ccccc54)c3)n2)cc1. The molecule has 0 radical (unpaired) electrons. The Balaban J connectivity index is 0.948. The summed E-state index contributed by atoms with van der Waals surface area (Å²) in [6.07, 6.45) is 0. The van der Waals surface area contributed by atoms with Crippen molar-refractivity contribution in [1.29, 1.82) is 0 Å². The lowest BCUT2D eigenvalue weighted by Gasteiger charge is -2.30. The third-order valence-corrected chi connectivity index (χ3v) is 13.0. The third-order valence-electron chi connectivity index (χ3n) is 13.0. The highest BCUT2D eigenvalue weighted by Gasteiger charge is 2.51. The monoisotopic (exact) mass is 789 g/mol. The molecule has 1 spiro atoms. The molecule has 0 N–H and O–H groups in total. The predicted molar refractivity (Wildman–Crippen MR) is 251 cm³/mol. The van der Waals surface area contributed by atoms with E-state index >= 15 is 0 Å². The number of nitrogens with zero attached hydrogens (tertiary/aromatic N) is 3. The maximum absolute atomic E-state index is 6.21. The van der Waals surface area contributed by atoms with Crippen molar-refractivity contribution in [2.24, 2.45) is 0 Å². The highest BCUT2D eigenvalue weighted by molar-refractivity contribution is 6.12. The van der Waals surface area contributed by atoms with Crippen molar-refractivity contribution in [3.8, 4) is 78.7 Å². The van der Waals surface area contributed by atoms with E-state index in [2.05, 4.69) is 176 Å². The van der Waals surface area contributed by atoms with Gasteiger partial charge in [0.1, 0.15) is 11.2 Å². The molecule has 0 atom stereocenters. The van der Waals surface area contributed by atoms with Gasteiger partial charge in [-0.15, -0.1) is 0 Å². The van der Waals surface area contributed by atoms with Crippen molar-refractivity contribution in [1.82, 2.24) is 15.0 Å². The lowest BCUT2D eigenvalue weighted by atomic mass is 9.70. The molecule has 0 aliphatic heterocycles. The van der Waals surface area contributed by atoms with Crippen molar-refractivity contribution < 1.29 is 4.42 Å². The molecule has 0 fully saturated rings. The quantitative estimate of drug-likeness (QED) is 0.174. The van der Waals surface area contributed by atoms with E-state index in [4.69, 9.17) is 19.4 Å². The predicted octanol–water partition coefficient (Wildman–Crippen LogP) is 14.4. The summed E-state index contributed by atoms with van der Waals surface area (Å²) in [5.41, 5.74) is 19.1. The number of furan rings is 1. The Morgan fingerprint density at radius 3 is 1.52 bits per heavy atom. The Bertz CT molecular complexity index is 3540. The molecule has 13 rings (SSSR count). The standard InChI is InChI=1S/C58H35N3O/c1-2-15-37(16-3-1)55-59-56(38-33-31-36(32-34-38)41-24-14-30-52-54(41)46-22-7-11-29-51(46)62-52)61-57(60-55)40-18-12-17-39(35-40)42-23-13-28-50-53(42)45-21-6-10-27-49(45)58(50)47-25-8-4-19-43(47)44-20-5-9-26-48(44)58/h1-35H. The Morgan fingerprint density at radius 2 is 0.774 bits per heavy atom. The van der Waals surface area contributed by atoms with Crippen LogP contribution in [0.1, 0.15) is 22.3 Å². The maximum atomic E-state index is 6.21. The Kier molecular flexibility index (Phi) is 7.49. The van der Waals surface area contributed by atoms with Crippen molar-refractivity contribution >= 4 is 21.9 Å². The number of hydrogen-bond acceptors (Lipinski definition) is 4. The van der Waals surface area contributed by atoms with E-state index < -0.39 is 5.41 Å². The number of hydrogen-bond donors (Lipinski definition) is 0. The van der Waals surface area contributed by atoms with Gasteiger partial charge in [0.25, 0.3) is 0 Å². The van der Waals surface area contributed by atoms with Gasteiger partial charge in [-0.1, -0.05) is 194 Å². The van der Waals surface area contributed by atoms with Crippen molar-refractivity contribution in [3.63, 3.8) is 0 Å². The van der Waals surface area contributed by atoms with E-state index in [0.29, 0.717) is 17.5 Å². The lowest BCUT2D eigenvalue weighted by molar-refractivity contribution is 0.669. The number of fused-ring (bicyclic) bond motifs is 13. The van der Waals surface area contributed by atoms with Gasteiger partial charge in [0.2, 0.25) is 0 Å². The molecule has 2 aliphatic carbocycles. The molecular formula is C58H35N3O. The minimum atomic E-state index is -0.408. The zero-order valence-corrected chi connectivity index (χ0v) is 33.5. The van der Waals surface area contributed by atoms with E-state index in [0.717, 1.165) is 55.3 Å². The van der Waals surface area contributed by atoms with Crippen LogP contribution in [-0.4, -0.2) is 15.0 Å². The highest BCUT2D eigenvalue weighted by Crippen LogP contribution is 2.64. The average molecular weight is 790 g/mol. The normalized spacial score (nSPS) is 13.0. The van der Waals surface area contributed by atoms with Gasteiger partial charge in [-0.05, 0) is 85.0 Å². The lowest BCUT2D eigenvalue weighted by Crippen LogP contribution is -2.25. The summed E-state index contributed by atoms with van der Waals surface area (Å²) in [4.78, 5) is 15.4. The van der Waals surface area contributed by atoms with Crippen molar-refractivity contribution in [3.05, 3.63) is 235 Å². The van der Waals surface area contributed by atoms with Gasteiger partial charge in [-0.25, -0.2) is 15.0 Å². The fraction of sp³-hybridized carbons (Fsp3) is 0.0172. The second kappa shape index (κ2) is 13.4. The number of para-hydroxylation sites is 1. The maximum Gasteiger partial charge on any atom is 0.164 e. The smallest absolute Gasteiger partial charge is 0.164 e. The highest BCUT2D eigenvalue weighted by atomic mass is 16.3. The third kappa shape index (κ3) is 4.98. The van der Waals surface area contributed by atoms with Crippen LogP contribution in [0.3, 0.4) is 0 Å². The first-order valence-electron chi connectivity index (χ1n) is 21.1. The molecule has 0 saturated heterocycles. The molecule has 0 bridgehead atoms. The number of rotatable bonds is 5. The van der Waals surface area contributed by atoms with Crippen LogP contribution in [0, 0.1) is 0 Å². The Hall–Kier alpha value is -8.21. The average Bonchev–Trinajstić information content (AvgIpc) is 3.99. The largest absolute Gasteiger partial charge is 0.456 e. The van der Waals surface area contributed by atoms with Crippen LogP contribution in [0.15, 0.2) is 217 Å². The van der Waals surface area contributed by atoms with Crippen LogP contribution < -0.4 is 0 Å². The molecule has 62 heavy (non-hydrogen) atoms. The first-order chi connectivity index (χ1) is 30.7. The zero-order valence-electron chi connectivity index (χ0n) is 33.5. The summed E-state index contributed by atoms with van der Waals surface area (Å²) in [6.45, 7) is 0. The fourth-order valence-electron chi connectivity index (χ4n) is 10.4. The molecule has 4 heteroatoms. The Labute approximate surface area is 358 Å². The zero-order chi connectivity index (χ0) is 40.8. The minimum absolute atomic E-state index is 0.408. The summed E-state index contributed by atoms with van der Waals surface area (Å²) in [6, 6.07) is 75.6. The van der Waals surface area contributed by atoms with Gasteiger partial charge >= 0.3 is 0 Å². The molecule has 0 unspecified atom stereocenters. The fourth-order valence-corrected chi connectivity index (χ4v) is 10.4. The van der Waals surface area contributed by atoms with Gasteiger partial charge in [0.05, 0.1) is 5.41 Å². The van der Waals surface area contributed by atoms with Gasteiger partial charge in [0, 0.05) is 27.5 Å². The van der Waals surface area contributed by atoms with Crippen LogP contribution in [0.25, 0.3) is 101 Å². The van der Waals surface area contributed by atoms with Gasteiger partial charge in [0.15, 0.2) is 17.5 Å². The molecule has 288 valence electrons. The van der Waals surface area contributed by atoms with E-state index in [1.807, 2.05) is 36.4 Å². The van der Waals surface area contributed by atoms with Crippen molar-refractivity contribution in [2.75, 3.05) is 0 Å². The minimum Gasteiger partial charge on any atom is -0.456 e. The second-order valence-corrected chi connectivity index (χ2v) is 16.2. The Morgan fingerprint density at radius 1 is 0.306 bits per heavy atom. The van der Waals surface area contributed by atoms with Gasteiger partial charge in [-0.2, -0.15) is 0 Å². The van der Waals surface area contributed by atoms with E-state index in [9.17, 15) is 0 Å². The number of aromatic nitrogens is 3. The van der Waals surface area contributed by atoms with Crippen molar-refractivity contribution in [2.45, 2.75) is 5.41 Å². The molecule has 2 aliphatic rings. The second-order valence-electron chi connectivity index (χ2n) is 16.2. The first-order valence-corrected chi connectivity index (χ1v) is 21.1. The first kappa shape index (κ1) is 34.6. The van der Waals surface area contributed by atoms with Crippen LogP contribution in [0.5, 0.6) is 0 Å². The molecule has 0 amide bonds. The summed E-state index contributed by atoms with van der Waals surface area (Å²) in [7, 11) is 0. The molecular weight excluding hydrogens is 755 g/mol. The van der Waals surface area contributed by atoms with Crippen LogP contribution >= 0.6 is 0 Å².